The van der Waals surface area contributed by atoms with Gasteiger partial charge in [-0.25, -0.2) is 0 Å². The highest BCUT2D eigenvalue weighted by atomic mass is 14.5. The fourth-order valence-corrected chi connectivity index (χ4v) is 2.28. The van der Waals surface area contributed by atoms with Gasteiger partial charge in [0.15, 0.2) is 0 Å². The van der Waals surface area contributed by atoms with Gasteiger partial charge in [-0.15, -0.1) is 0 Å². The Morgan fingerprint density at radius 2 is 0.800 bits per heavy atom. The molecule has 0 bridgehead atoms. The molecule has 20 heavy (non-hydrogen) atoms. The molecule has 0 aromatic heterocycles. The fraction of sp³-hybridized carbons (Fsp3) is 0.0526. The van der Waals surface area contributed by atoms with Crippen molar-refractivity contribution in [1.82, 2.24) is 0 Å². The summed E-state index contributed by atoms with van der Waals surface area (Å²) in [5.41, 5.74) is 12.7. The quantitative estimate of drug-likeness (QED) is 0.650. The summed E-state index contributed by atoms with van der Waals surface area (Å²) in [6.07, 6.45) is 0. The summed E-state index contributed by atoms with van der Waals surface area (Å²) >= 11 is 0. The van der Waals surface area contributed by atoms with E-state index in [1.165, 1.54) is 27.8 Å². The lowest BCUT2D eigenvalue weighted by atomic mass is 10.00. The highest BCUT2D eigenvalue weighted by Gasteiger charge is 2.00. The maximum atomic E-state index is 5.72. The Morgan fingerprint density at radius 1 is 0.500 bits per heavy atom. The van der Waals surface area contributed by atoms with E-state index in [9.17, 15) is 0 Å². The third-order valence-electron chi connectivity index (χ3n) is 3.51. The van der Waals surface area contributed by atoms with E-state index in [1.807, 2.05) is 12.1 Å². The lowest BCUT2D eigenvalue weighted by Gasteiger charge is -2.06. The maximum absolute atomic E-state index is 5.72. The van der Waals surface area contributed by atoms with Gasteiger partial charge in [-0.05, 0) is 41.3 Å². The molecule has 3 rings (SSSR count). The molecule has 0 aliphatic heterocycles. The Morgan fingerprint density at radius 3 is 1.20 bits per heavy atom. The molecule has 0 amide bonds. The van der Waals surface area contributed by atoms with E-state index < -0.39 is 0 Å². The molecule has 1 nitrogen and oxygen atoms in total. The summed E-state index contributed by atoms with van der Waals surface area (Å²) in [7, 11) is 0. The predicted molar refractivity (Wildman–Crippen MR) is 86.5 cm³/mol. The van der Waals surface area contributed by atoms with Gasteiger partial charge in [0, 0.05) is 5.69 Å². The van der Waals surface area contributed by atoms with Crippen LogP contribution in [-0.4, -0.2) is 0 Å². The molecule has 0 saturated heterocycles. The van der Waals surface area contributed by atoms with E-state index in [0.29, 0.717) is 0 Å². The third kappa shape index (κ3) is 2.57. The van der Waals surface area contributed by atoms with Crippen LogP contribution in [0.1, 0.15) is 5.56 Å². The molecule has 1 heteroatoms. The van der Waals surface area contributed by atoms with Gasteiger partial charge >= 0.3 is 0 Å². The molecule has 0 saturated carbocycles. The van der Waals surface area contributed by atoms with Gasteiger partial charge in [-0.3, -0.25) is 0 Å². The maximum Gasteiger partial charge on any atom is 0.0314 e. The Hall–Kier alpha value is -2.54. The normalized spacial score (nSPS) is 10.4. The van der Waals surface area contributed by atoms with E-state index in [4.69, 9.17) is 5.73 Å². The second-order valence-electron chi connectivity index (χ2n) is 5.07. The smallest absolute Gasteiger partial charge is 0.0314 e. The van der Waals surface area contributed by atoms with Crippen molar-refractivity contribution in [3.05, 3.63) is 78.4 Å². The highest BCUT2D eigenvalue weighted by molar-refractivity contribution is 5.71. The average Bonchev–Trinajstić information content (AvgIpc) is 2.49. The molecule has 0 aliphatic rings. The number of rotatable bonds is 2. The zero-order chi connectivity index (χ0) is 13.9. The van der Waals surface area contributed by atoms with Crippen LogP contribution in [0.25, 0.3) is 22.3 Å². The van der Waals surface area contributed by atoms with Crippen molar-refractivity contribution in [2.24, 2.45) is 0 Å². The first-order chi connectivity index (χ1) is 9.72. The van der Waals surface area contributed by atoms with E-state index >= 15 is 0 Å². The number of hydrogen-bond donors (Lipinski definition) is 1. The van der Waals surface area contributed by atoms with Crippen molar-refractivity contribution in [2.75, 3.05) is 5.73 Å². The zero-order valence-corrected chi connectivity index (χ0v) is 11.5. The van der Waals surface area contributed by atoms with Crippen molar-refractivity contribution in [2.45, 2.75) is 6.92 Å². The first-order valence-corrected chi connectivity index (χ1v) is 6.75. The molecular formula is C19H17N. The van der Waals surface area contributed by atoms with Crippen LogP contribution in [0.2, 0.25) is 0 Å². The Bertz CT molecular complexity index is 628. The zero-order valence-electron chi connectivity index (χ0n) is 11.5. The first-order valence-electron chi connectivity index (χ1n) is 6.75. The molecule has 0 aliphatic carbocycles. The van der Waals surface area contributed by atoms with E-state index in [0.717, 1.165) is 5.69 Å². The summed E-state index contributed by atoms with van der Waals surface area (Å²) in [5, 5.41) is 0. The van der Waals surface area contributed by atoms with Crippen molar-refractivity contribution in [3.8, 4) is 22.3 Å². The molecule has 0 unspecified atom stereocenters. The average molecular weight is 259 g/mol. The molecule has 0 spiro atoms. The van der Waals surface area contributed by atoms with Crippen LogP contribution < -0.4 is 5.73 Å². The highest BCUT2D eigenvalue weighted by Crippen LogP contribution is 2.25. The largest absolute Gasteiger partial charge is 0.399 e. The van der Waals surface area contributed by atoms with Gasteiger partial charge < -0.3 is 5.73 Å². The van der Waals surface area contributed by atoms with Crippen molar-refractivity contribution in [1.29, 1.82) is 0 Å². The first kappa shape index (κ1) is 12.5. The lowest BCUT2D eigenvalue weighted by molar-refractivity contribution is 1.47. The monoisotopic (exact) mass is 259 g/mol. The van der Waals surface area contributed by atoms with Crippen LogP contribution in [0.3, 0.4) is 0 Å². The van der Waals surface area contributed by atoms with Crippen LogP contribution in [0.5, 0.6) is 0 Å². The standard InChI is InChI=1S/C19H17N/c1-14-2-4-15(5-3-14)16-6-8-17(9-7-16)18-10-12-19(20)13-11-18/h2-13H,20H2,1H3. The number of nitrogen functional groups attached to an aromatic ring is 1. The number of benzene rings is 3. The Labute approximate surface area is 119 Å². The number of anilines is 1. The van der Waals surface area contributed by atoms with Crippen LogP contribution in [0, 0.1) is 6.92 Å². The van der Waals surface area contributed by atoms with Gasteiger partial charge in [0.1, 0.15) is 0 Å². The molecule has 0 heterocycles. The SMILES string of the molecule is Cc1ccc(-c2ccc(-c3ccc(N)cc3)cc2)cc1. The summed E-state index contributed by atoms with van der Waals surface area (Å²) < 4.78 is 0. The Kier molecular flexibility index (Phi) is 3.26. The molecule has 3 aromatic rings. The summed E-state index contributed by atoms with van der Waals surface area (Å²) in [4.78, 5) is 0. The molecule has 0 atom stereocenters. The number of aryl methyl sites for hydroxylation is 1. The predicted octanol–water partition coefficient (Wildman–Crippen LogP) is 4.91. The van der Waals surface area contributed by atoms with Gasteiger partial charge in [0.25, 0.3) is 0 Å². The van der Waals surface area contributed by atoms with Crippen LogP contribution in [0.4, 0.5) is 5.69 Å². The van der Waals surface area contributed by atoms with E-state index in [1.54, 1.807) is 0 Å². The number of nitrogens with two attached hydrogens (primary N) is 1. The molecule has 0 fully saturated rings. The molecular weight excluding hydrogens is 242 g/mol. The van der Waals surface area contributed by atoms with E-state index in [2.05, 4.69) is 67.6 Å². The molecule has 0 radical (unpaired) electrons. The van der Waals surface area contributed by atoms with Gasteiger partial charge in [-0.1, -0.05) is 66.2 Å². The van der Waals surface area contributed by atoms with Crippen molar-refractivity contribution >= 4 is 5.69 Å². The summed E-state index contributed by atoms with van der Waals surface area (Å²) in [6.45, 7) is 2.11. The van der Waals surface area contributed by atoms with Gasteiger partial charge in [0.2, 0.25) is 0 Å². The van der Waals surface area contributed by atoms with Crippen LogP contribution >= 0.6 is 0 Å². The Balaban J connectivity index is 1.91. The van der Waals surface area contributed by atoms with Crippen molar-refractivity contribution in [3.63, 3.8) is 0 Å². The number of hydrogen-bond acceptors (Lipinski definition) is 1. The minimum absolute atomic E-state index is 0.796. The second-order valence-corrected chi connectivity index (χ2v) is 5.07. The minimum Gasteiger partial charge on any atom is -0.399 e. The summed E-state index contributed by atoms with van der Waals surface area (Å²) in [6, 6.07) is 25.2. The third-order valence-corrected chi connectivity index (χ3v) is 3.51. The molecule has 98 valence electrons. The second kappa shape index (κ2) is 5.22. The topological polar surface area (TPSA) is 26.0 Å². The fourth-order valence-electron chi connectivity index (χ4n) is 2.28. The van der Waals surface area contributed by atoms with Crippen LogP contribution in [-0.2, 0) is 0 Å². The van der Waals surface area contributed by atoms with E-state index in [-0.39, 0.29) is 0 Å². The van der Waals surface area contributed by atoms with Crippen LogP contribution in [0.15, 0.2) is 72.8 Å². The minimum atomic E-state index is 0.796. The van der Waals surface area contributed by atoms with Gasteiger partial charge in [-0.2, -0.15) is 0 Å². The van der Waals surface area contributed by atoms with Gasteiger partial charge in [0.05, 0.1) is 0 Å². The lowest BCUT2D eigenvalue weighted by Crippen LogP contribution is -1.84. The van der Waals surface area contributed by atoms with Crippen molar-refractivity contribution < 1.29 is 0 Å². The molecule has 2 N–H and O–H groups in total. The summed E-state index contributed by atoms with van der Waals surface area (Å²) in [5.74, 6) is 0. The molecule has 3 aromatic carbocycles.